The maximum Gasteiger partial charge on any atom is 0.312 e. The van der Waals surface area contributed by atoms with Crippen molar-refractivity contribution in [3.8, 4) is 0 Å². The van der Waals surface area contributed by atoms with Gasteiger partial charge in [0.05, 0.1) is 17.1 Å². The Bertz CT molecular complexity index is 979. The summed E-state index contributed by atoms with van der Waals surface area (Å²) in [6.07, 6.45) is 4.67. The smallest absolute Gasteiger partial charge is 0.312 e. The molecule has 4 rings (SSSR count). The van der Waals surface area contributed by atoms with Crippen LogP contribution in [0.3, 0.4) is 0 Å². The molecule has 1 aromatic carbocycles. The van der Waals surface area contributed by atoms with Gasteiger partial charge >= 0.3 is 5.97 Å². The number of aromatic nitrogens is 1. The Morgan fingerprint density at radius 2 is 1.75 bits per heavy atom. The van der Waals surface area contributed by atoms with Crippen molar-refractivity contribution in [2.45, 2.75) is 57.3 Å². The number of rotatable bonds is 3. The third-order valence-corrected chi connectivity index (χ3v) is 7.55. The van der Waals surface area contributed by atoms with Gasteiger partial charge in [-0.15, -0.1) is 0 Å². The lowest BCUT2D eigenvalue weighted by Crippen LogP contribution is -2.45. The number of cyclic esters (lactones) is 1. The van der Waals surface area contributed by atoms with Gasteiger partial charge in [-0.3, -0.25) is 19.5 Å². The van der Waals surface area contributed by atoms with Crippen LogP contribution in [0.5, 0.6) is 0 Å². The van der Waals surface area contributed by atoms with Gasteiger partial charge in [0, 0.05) is 32.0 Å². The molecule has 1 amide bonds. The molecule has 194 valence electrons. The van der Waals surface area contributed by atoms with E-state index in [1.54, 1.807) is 29.4 Å². The van der Waals surface area contributed by atoms with E-state index in [1.165, 1.54) is 5.56 Å². The maximum atomic E-state index is 13.3. The van der Waals surface area contributed by atoms with Crippen molar-refractivity contribution in [1.29, 1.82) is 0 Å². The lowest BCUT2D eigenvalue weighted by Gasteiger charge is -2.40. The predicted molar refractivity (Wildman–Crippen MR) is 135 cm³/mol. The number of piperidine rings is 1. The molecule has 0 unspecified atom stereocenters. The zero-order chi connectivity index (χ0) is 25.4. The molecular formula is C28H37N3O5. The number of aliphatic hydroxyl groups excluding tert-OH is 2. The molecule has 1 aromatic heterocycles. The SMILES string of the molecule is O=C(c1cccnc1)N1CCCCC2(CCN(Cc3ccccc3)CC2)C(=O)OC[C@@H](O)[C@@H](O)CC1. The highest BCUT2D eigenvalue weighted by Gasteiger charge is 2.42. The number of amides is 1. The first-order valence-electron chi connectivity index (χ1n) is 13.0. The van der Waals surface area contributed by atoms with E-state index in [-0.39, 0.29) is 24.9 Å². The molecule has 2 fully saturated rings. The van der Waals surface area contributed by atoms with Gasteiger partial charge in [-0.05, 0) is 62.9 Å². The van der Waals surface area contributed by atoms with Crippen molar-refractivity contribution in [1.82, 2.24) is 14.8 Å². The second kappa shape index (κ2) is 12.4. The number of carbonyl (C=O) groups is 2. The van der Waals surface area contributed by atoms with E-state index < -0.39 is 17.6 Å². The molecule has 3 heterocycles. The number of carbonyl (C=O) groups excluding carboxylic acids is 2. The standard InChI is InChI=1S/C28H37N3O5/c32-24-10-16-31(26(34)23-9-6-14-29-19-23)15-5-4-11-28(27(35)36-21-25(24)33)12-17-30(18-13-28)20-22-7-2-1-3-8-22/h1-3,6-9,14,19,24-25,32-33H,4-5,10-13,15-18,20-21H2/t24-,25+/m0/s1. The minimum atomic E-state index is -1.19. The van der Waals surface area contributed by atoms with Crippen LogP contribution in [0.4, 0.5) is 0 Å². The molecule has 2 N–H and O–H groups in total. The molecule has 1 spiro atoms. The van der Waals surface area contributed by atoms with Crippen molar-refractivity contribution in [3.63, 3.8) is 0 Å². The molecule has 0 bridgehead atoms. The van der Waals surface area contributed by atoms with Gasteiger partial charge in [0.1, 0.15) is 12.7 Å². The quantitative estimate of drug-likeness (QED) is 0.631. The van der Waals surface area contributed by atoms with Crippen LogP contribution < -0.4 is 0 Å². The molecule has 0 radical (unpaired) electrons. The Labute approximate surface area is 212 Å². The Hall–Kier alpha value is -2.81. The van der Waals surface area contributed by atoms with Gasteiger partial charge in [-0.2, -0.15) is 0 Å². The van der Waals surface area contributed by atoms with E-state index in [1.807, 2.05) is 18.2 Å². The van der Waals surface area contributed by atoms with Crippen molar-refractivity contribution < 1.29 is 24.5 Å². The lowest BCUT2D eigenvalue weighted by molar-refractivity contribution is -0.165. The molecule has 2 aromatic rings. The zero-order valence-corrected chi connectivity index (χ0v) is 20.8. The fourth-order valence-corrected chi connectivity index (χ4v) is 5.20. The first-order valence-corrected chi connectivity index (χ1v) is 13.0. The Balaban J connectivity index is 1.43. The average Bonchev–Trinajstić information content (AvgIpc) is 2.92. The predicted octanol–water partition coefficient (Wildman–Crippen LogP) is 2.65. The second-order valence-electron chi connectivity index (χ2n) is 10.1. The van der Waals surface area contributed by atoms with Crippen molar-refractivity contribution in [2.24, 2.45) is 5.41 Å². The summed E-state index contributed by atoms with van der Waals surface area (Å²) in [6, 6.07) is 13.8. The van der Waals surface area contributed by atoms with Gasteiger partial charge in [0.15, 0.2) is 0 Å². The molecule has 36 heavy (non-hydrogen) atoms. The molecule has 2 saturated heterocycles. The van der Waals surface area contributed by atoms with E-state index in [2.05, 4.69) is 22.0 Å². The summed E-state index contributed by atoms with van der Waals surface area (Å²) in [5.41, 5.74) is 1.14. The van der Waals surface area contributed by atoms with Crippen LogP contribution in [-0.4, -0.2) is 81.9 Å². The second-order valence-corrected chi connectivity index (χ2v) is 10.1. The minimum absolute atomic E-state index is 0.143. The van der Waals surface area contributed by atoms with Gasteiger partial charge < -0.3 is 19.8 Å². The summed E-state index contributed by atoms with van der Waals surface area (Å²) in [4.78, 5) is 34.4. The first kappa shape index (κ1) is 26.3. The fourth-order valence-electron chi connectivity index (χ4n) is 5.20. The van der Waals surface area contributed by atoms with Gasteiger partial charge in [0.25, 0.3) is 5.91 Å². The molecule has 8 heteroatoms. The van der Waals surface area contributed by atoms with Crippen LogP contribution in [0.25, 0.3) is 0 Å². The Morgan fingerprint density at radius 1 is 0.972 bits per heavy atom. The number of likely N-dealkylation sites (tertiary alicyclic amines) is 1. The number of aliphatic hydroxyl groups is 2. The monoisotopic (exact) mass is 495 g/mol. The normalized spacial score (nSPS) is 24.3. The summed E-state index contributed by atoms with van der Waals surface area (Å²) in [7, 11) is 0. The summed E-state index contributed by atoms with van der Waals surface area (Å²) < 4.78 is 5.57. The topological polar surface area (TPSA) is 103 Å². The average molecular weight is 496 g/mol. The van der Waals surface area contributed by atoms with E-state index >= 15 is 0 Å². The molecular weight excluding hydrogens is 458 g/mol. The summed E-state index contributed by atoms with van der Waals surface area (Å²) >= 11 is 0. The van der Waals surface area contributed by atoms with Crippen molar-refractivity contribution in [3.05, 3.63) is 66.0 Å². The maximum absolute atomic E-state index is 13.3. The van der Waals surface area contributed by atoms with Crippen LogP contribution in [0.1, 0.15) is 54.4 Å². The third kappa shape index (κ3) is 6.69. The van der Waals surface area contributed by atoms with Crippen LogP contribution in [0.2, 0.25) is 0 Å². The zero-order valence-electron chi connectivity index (χ0n) is 20.8. The highest BCUT2D eigenvalue weighted by atomic mass is 16.5. The first-order chi connectivity index (χ1) is 17.5. The van der Waals surface area contributed by atoms with Gasteiger partial charge in [-0.1, -0.05) is 36.8 Å². The highest BCUT2D eigenvalue weighted by molar-refractivity contribution is 5.93. The van der Waals surface area contributed by atoms with Crippen LogP contribution >= 0.6 is 0 Å². The largest absolute Gasteiger partial charge is 0.462 e. The molecule has 0 saturated carbocycles. The minimum Gasteiger partial charge on any atom is -0.462 e. The summed E-state index contributed by atoms with van der Waals surface area (Å²) in [5.74, 6) is -0.424. The Morgan fingerprint density at radius 3 is 2.47 bits per heavy atom. The molecule has 2 aliphatic heterocycles. The van der Waals surface area contributed by atoms with Gasteiger partial charge in [0.2, 0.25) is 0 Å². The van der Waals surface area contributed by atoms with E-state index in [9.17, 15) is 19.8 Å². The lowest BCUT2D eigenvalue weighted by atomic mass is 9.74. The van der Waals surface area contributed by atoms with E-state index in [0.29, 0.717) is 37.9 Å². The Kier molecular flexibility index (Phi) is 9.07. The van der Waals surface area contributed by atoms with Crippen LogP contribution in [0.15, 0.2) is 54.9 Å². The number of hydrogen-bond acceptors (Lipinski definition) is 7. The number of benzene rings is 1. The van der Waals surface area contributed by atoms with Gasteiger partial charge in [-0.25, -0.2) is 0 Å². The number of nitrogens with zero attached hydrogens (tertiary/aromatic N) is 3. The van der Waals surface area contributed by atoms with E-state index in [0.717, 1.165) is 32.5 Å². The van der Waals surface area contributed by atoms with Crippen LogP contribution in [0, 0.1) is 5.41 Å². The fraction of sp³-hybridized carbons (Fsp3) is 0.536. The van der Waals surface area contributed by atoms with Crippen molar-refractivity contribution in [2.75, 3.05) is 32.8 Å². The summed E-state index contributed by atoms with van der Waals surface area (Å²) in [5, 5.41) is 20.9. The molecule has 8 nitrogen and oxygen atoms in total. The number of pyridine rings is 1. The molecule has 2 atom stereocenters. The highest BCUT2D eigenvalue weighted by Crippen LogP contribution is 2.38. The van der Waals surface area contributed by atoms with Crippen LogP contribution in [-0.2, 0) is 16.1 Å². The third-order valence-electron chi connectivity index (χ3n) is 7.55. The number of hydrogen-bond donors (Lipinski definition) is 2. The molecule has 0 aliphatic carbocycles. The van der Waals surface area contributed by atoms with E-state index in [4.69, 9.17) is 4.74 Å². The number of esters is 1. The molecule has 2 aliphatic rings. The number of ether oxygens (including phenoxy) is 1. The van der Waals surface area contributed by atoms with Crippen molar-refractivity contribution >= 4 is 11.9 Å². The summed E-state index contributed by atoms with van der Waals surface area (Å²) in [6.45, 7) is 3.01.